The van der Waals surface area contributed by atoms with E-state index in [4.69, 9.17) is 0 Å². The molecule has 0 heterocycles. The Morgan fingerprint density at radius 2 is 1.95 bits per heavy atom. The van der Waals surface area contributed by atoms with Crippen molar-refractivity contribution in [1.29, 1.82) is 0 Å². The molecule has 1 atom stereocenters. The number of hydrogen-bond acceptors (Lipinski definition) is 3. The SMILES string of the molecule is O=CNc1ccc(C(=O)NCC(O)C2CCCC2)cc1. The van der Waals surface area contributed by atoms with Gasteiger partial charge in [-0.05, 0) is 43.0 Å². The van der Waals surface area contributed by atoms with E-state index in [1.807, 2.05) is 0 Å². The van der Waals surface area contributed by atoms with Gasteiger partial charge < -0.3 is 15.7 Å². The van der Waals surface area contributed by atoms with E-state index < -0.39 is 6.10 Å². The highest BCUT2D eigenvalue weighted by molar-refractivity contribution is 5.94. The molecule has 2 rings (SSSR count). The fourth-order valence-corrected chi connectivity index (χ4v) is 2.59. The van der Waals surface area contributed by atoms with Gasteiger partial charge >= 0.3 is 0 Å². The maximum absolute atomic E-state index is 11.9. The Morgan fingerprint density at radius 1 is 1.30 bits per heavy atom. The van der Waals surface area contributed by atoms with Gasteiger partial charge in [0.2, 0.25) is 6.41 Å². The minimum Gasteiger partial charge on any atom is -0.391 e. The summed E-state index contributed by atoms with van der Waals surface area (Å²) in [5, 5.41) is 15.3. The molecule has 1 aliphatic rings. The summed E-state index contributed by atoms with van der Waals surface area (Å²) in [5.74, 6) is 0.106. The molecule has 0 aliphatic heterocycles. The van der Waals surface area contributed by atoms with Gasteiger partial charge in [0.15, 0.2) is 0 Å². The lowest BCUT2D eigenvalue weighted by molar-refractivity contribution is -0.105. The highest BCUT2D eigenvalue weighted by Gasteiger charge is 2.23. The molecule has 1 unspecified atom stereocenters. The van der Waals surface area contributed by atoms with Crippen LogP contribution in [0.3, 0.4) is 0 Å². The van der Waals surface area contributed by atoms with E-state index in [0.29, 0.717) is 23.6 Å². The van der Waals surface area contributed by atoms with Gasteiger partial charge in [0.25, 0.3) is 5.91 Å². The molecule has 1 saturated carbocycles. The first-order chi connectivity index (χ1) is 9.70. The van der Waals surface area contributed by atoms with Crippen LogP contribution in [-0.2, 0) is 4.79 Å². The second-order valence-electron chi connectivity index (χ2n) is 5.16. The molecule has 0 spiro atoms. The molecule has 0 aromatic heterocycles. The van der Waals surface area contributed by atoms with Crippen LogP contribution < -0.4 is 10.6 Å². The fourth-order valence-electron chi connectivity index (χ4n) is 2.59. The molecule has 5 heteroatoms. The van der Waals surface area contributed by atoms with Gasteiger partial charge in [-0.15, -0.1) is 0 Å². The largest absolute Gasteiger partial charge is 0.391 e. The zero-order chi connectivity index (χ0) is 14.4. The van der Waals surface area contributed by atoms with E-state index >= 15 is 0 Å². The monoisotopic (exact) mass is 276 g/mol. The molecule has 1 aromatic carbocycles. The predicted molar refractivity (Wildman–Crippen MR) is 76.4 cm³/mol. The van der Waals surface area contributed by atoms with Crippen molar-refractivity contribution in [2.45, 2.75) is 31.8 Å². The summed E-state index contributed by atoms with van der Waals surface area (Å²) in [4.78, 5) is 22.2. The first kappa shape index (κ1) is 14.5. The average Bonchev–Trinajstić information content (AvgIpc) is 3.00. The molecule has 3 N–H and O–H groups in total. The third-order valence-electron chi connectivity index (χ3n) is 3.79. The van der Waals surface area contributed by atoms with Crippen molar-refractivity contribution in [1.82, 2.24) is 5.32 Å². The van der Waals surface area contributed by atoms with Crippen molar-refractivity contribution in [3.63, 3.8) is 0 Å². The predicted octanol–water partition coefficient (Wildman–Crippen LogP) is 1.54. The molecular weight excluding hydrogens is 256 g/mol. The molecule has 5 nitrogen and oxygen atoms in total. The van der Waals surface area contributed by atoms with Crippen LogP contribution in [0.1, 0.15) is 36.0 Å². The Hall–Kier alpha value is -1.88. The van der Waals surface area contributed by atoms with Crippen LogP contribution in [0.2, 0.25) is 0 Å². The Morgan fingerprint density at radius 3 is 2.55 bits per heavy atom. The summed E-state index contributed by atoms with van der Waals surface area (Å²) in [6.07, 6.45) is 4.55. The third-order valence-corrected chi connectivity index (χ3v) is 3.79. The van der Waals surface area contributed by atoms with E-state index in [9.17, 15) is 14.7 Å². The van der Waals surface area contributed by atoms with Crippen LogP contribution in [0, 0.1) is 5.92 Å². The van der Waals surface area contributed by atoms with E-state index in [2.05, 4.69) is 10.6 Å². The molecule has 1 fully saturated rings. The average molecular weight is 276 g/mol. The van der Waals surface area contributed by atoms with Crippen LogP contribution in [0.15, 0.2) is 24.3 Å². The maximum atomic E-state index is 11.9. The second-order valence-corrected chi connectivity index (χ2v) is 5.16. The number of carbonyl (C=O) groups excluding carboxylic acids is 2. The normalized spacial score (nSPS) is 16.6. The molecule has 2 amide bonds. The topological polar surface area (TPSA) is 78.4 Å². The standard InChI is InChI=1S/C15H20N2O3/c18-10-17-13-7-5-12(6-8-13)15(20)16-9-14(19)11-3-1-2-4-11/h5-8,10-11,14,19H,1-4,9H2,(H,16,20)(H,17,18). The highest BCUT2D eigenvalue weighted by atomic mass is 16.3. The molecule has 0 saturated heterocycles. The smallest absolute Gasteiger partial charge is 0.251 e. The van der Waals surface area contributed by atoms with E-state index in [1.54, 1.807) is 24.3 Å². The summed E-state index contributed by atoms with van der Waals surface area (Å²) in [6.45, 7) is 0.290. The van der Waals surface area contributed by atoms with Gasteiger partial charge in [0, 0.05) is 17.8 Å². The van der Waals surface area contributed by atoms with Crippen LogP contribution in [0.25, 0.3) is 0 Å². The lowest BCUT2D eigenvalue weighted by atomic mass is 10.0. The highest BCUT2D eigenvalue weighted by Crippen LogP contribution is 2.27. The fraction of sp³-hybridized carbons (Fsp3) is 0.467. The van der Waals surface area contributed by atoms with Crippen molar-refractivity contribution >= 4 is 18.0 Å². The number of amides is 2. The van der Waals surface area contributed by atoms with Gasteiger partial charge in [-0.2, -0.15) is 0 Å². The molecule has 20 heavy (non-hydrogen) atoms. The van der Waals surface area contributed by atoms with Crippen molar-refractivity contribution in [2.24, 2.45) is 5.92 Å². The summed E-state index contributed by atoms with van der Waals surface area (Å²) in [6, 6.07) is 6.61. The zero-order valence-corrected chi connectivity index (χ0v) is 11.3. The Bertz CT molecular complexity index is 453. The summed E-state index contributed by atoms with van der Waals surface area (Å²) >= 11 is 0. The first-order valence-corrected chi connectivity index (χ1v) is 6.97. The number of aliphatic hydroxyl groups excluding tert-OH is 1. The molecule has 1 aromatic rings. The van der Waals surface area contributed by atoms with Crippen LogP contribution in [0.4, 0.5) is 5.69 Å². The van der Waals surface area contributed by atoms with Crippen molar-refractivity contribution < 1.29 is 14.7 Å². The number of anilines is 1. The van der Waals surface area contributed by atoms with Gasteiger partial charge in [-0.3, -0.25) is 9.59 Å². The number of rotatable bonds is 6. The van der Waals surface area contributed by atoms with Gasteiger partial charge in [0.1, 0.15) is 0 Å². The number of aliphatic hydroxyl groups is 1. The molecule has 0 radical (unpaired) electrons. The van der Waals surface area contributed by atoms with Crippen LogP contribution >= 0.6 is 0 Å². The van der Waals surface area contributed by atoms with E-state index in [1.165, 1.54) is 12.8 Å². The number of carbonyl (C=O) groups is 2. The first-order valence-electron chi connectivity index (χ1n) is 6.97. The Balaban J connectivity index is 1.83. The molecular formula is C15H20N2O3. The summed E-state index contributed by atoms with van der Waals surface area (Å²) in [7, 11) is 0. The van der Waals surface area contributed by atoms with Gasteiger partial charge in [-0.1, -0.05) is 12.8 Å². The number of nitrogens with one attached hydrogen (secondary N) is 2. The van der Waals surface area contributed by atoms with E-state index in [-0.39, 0.29) is 12.5 Å². The number of hydrogen-bond donors (Lipinski definition) is 3. The van der Waals surface area contributed by atoms with Crippen LogP contribution in [-0.4, -0.2) is 30.1 Å². The Labute approximate surface area is 118 Å². The van der Waals surface area contributed by atoms with Gasteiger partial charge in [-0.25, -0.2) is 0 Å². The quantitative estimate of drug-likeness (QED) is 0.690. The lowest BCUT2D eigenvalue weighted by Gasteiger charge is -2.18. The molecule has 0 bridgehead atoms. The van der Waals surface area contributed by atoms with Crippen molar-refractivity contribution in [3.05, 3.63) is 29.8 Å². The summed E-state index contributed by atoms with van der Waals surface area (Å²) < 4.78 is 0. The summed E-state index contributed by atoms with van der Waals surface area (Å²) in [5.41, 5.74) is 1.16. The van der Waals surface area contributed by atoms with E-state index in [0.717, 1.165) is 12.8 Å². The Kier molecular flexibility index (Phi) is 5.12. The minimum absolute atomic E-state index is 0.209. The molecule has 108 valence electrons. The van der Waals surface area contributed by atoms with Gasteiger partial charge in [0.05, 0.1) is 6.10 Å². The second kappa shape index (κ2) is 7.05. The van der Waals surface area contributed by atoms with Crippen LogP contribution in [0.5, 0.6) is 0 Å². The minimum atomic E-state index is -0.461. The zero-order valence-electron chi connectivity index (χ0n) is 11.3. The van der Waals surface area contributed by atoms with Crippen molar-refractivity contribution in [2.75, 3.05) is 11.9 Å². The maximum Gasteiger partial charge on any atom is 0.251 e. The molecule has 1 aliphatic carbocycles. The lowest BCUT2D eigenvalue weighted by Crippen LogP contribution is -2.35. The number of benzene rings is 1. The van der Waals surface area contributed by atoms with Crippen molar-refractivity contribution in [3.8, 4) is 0 Å². The third kappa shape index (κ3) is 3.81.